The SMILES string of the molecule is O=C1C(=O)c2ccccc2C2SC=CC=C12. The average molecular weight is 228 g/mol. The molecule has 0 radical (unpaired) electrons. The van der Waals surface area contributed by atoms with Gasteiger partial charge in [-0.15, -0.1) is 11.8 Å². The summed E-state index contributed by atoms with van der Waals surface area (Å²) in [7, 11) is 0. The molecule has 0 amide bonds. The maximum Gasteiger partial charge on any atom is 0.233 e. The van der Waals surface area contributed by atoms with Crippen LogP contribution in [0.15, 0.2) is 47.4 Å². The lowest BCUT2D eigenvalue weighted by Crippen LogP contribution is -2.27. The standard InChI is InChI=1S/C13H8O2S/c14-11-8-4-1-2-5-9(8)13-10(12(11)15)6-3-7-16-13/h1-7,13H. The van der Waals surface area contributed by atoms with Crippen molar-refractivity contribution >= 4 is 23.3 Å². The Labute approximate surface area is 97.0 Å². The van der Waals surface area contributed by atoms with Crippen molar-refractivity contribution in [2.24, 2.45) is 0 Å². The van der Waals surface area contributed by atoms with Crippen LogP contribution < -0.4 is 0 Å². The van der Waals surface area contributed by atoms with Gasteiger partial charge in [-0.1, -0.05) is 36.4 Å². The van der Waals surface area contributed by atoms with E-state index in [0.29, 0.717) is 11.1 Å². The monoisotopic (exact) mass is 228 g/mol. The highest BCUT2D eigenvalue weighted by Crippen LogP contribution is 2.44. The zero-order chi connectivity index (χ0) is 11.1. The first kappa shape index (κ1) is 9.60. The van der Waals surface area contributed by atoms with Crippen molar-refractivity contribution < 1.29 is 9.59 Å². The lowest BCUT2D eigenvalue weighted by molar-refractivity contribution is -0.112. The van der Waals surface area contributed by atoms with Crippen LogP contribution in [0, 0.1) is 0 Å². The Hall–Kier alpha value is -1.61. The summed E-state index contributed by atoms with van der Waals surface area (Å²) >= 11 is 1.57. The van der Waals surface area contributed by atoms with Gasteiger partial charge in [0, 0.05) is 11.1 Å². The molecule has 2 aliphatic rings. The number of ketones is 2. The van der Waals surface area contributed by atoms with Crippen LogP contribution in [0.4, 0.5) is 0 Å². The second-order valence-corrected chi connectivity index (χ2v) is 4.73. The normalized spacial score (nSPS) is 22.5. The Morgan fingerprint density at radius 2 is 1.88 bits per heavy atom. The Balaban J connectivity index is 2.26. The minimum absolute atomic E-state index is 0.00796. The van der Waals surface area contributed by atoms with Gasteiger partial charge in [0.25, 0.3) is 0 Å². The smallest absolute Gasteiger partial charge is 0.233 e. The number of hydrogen-bond acceptors (Lipinski definition) is 3. The van der Waals surface area contributed by atoms with E-state index in [0.717, 1.165) is 5.56 Å². The van der Waals surface area contributed by atoms with E-state index in [4.69, 9.17) is 0 Å². The van der Waals surface area contributed by atoms with Crippen molar-refractivity contribution in [1.82, 2.24) is 0 Å². The molecule has 1 heterocycles. The van der Waals surface area contributed by atoms with Gasteiger partial charge in [0.05, 0.1) is 5.25 Å². The first-order chi connectivity index (χ1) is 7.79. The van der Waals surface area contributed by atoms with Gasteiger partial charge in [-0.25, -0.2) is 0 Å². The molecule has 3 heteroatoms. The number of hydrogen-bond donors (Lipinski definition) is 0. The van der Waals surface area contributed by atoms with Gasteiger partial charge in [-0.3, -0.25) is 9.59 Å². The van der Waals surface area contributed by atoms with Gasteiger partial charge in [0.15, 0.2) is 0 Å². The van der Waals surface area contributed by atoms with Crippen LogP contribution in [-0.4, -0.2) is 11.6 Å². The van der Waals surface area contributed by atoms with Crippen LogP contribution in [0.3, 0.4) is 0 Å². The molecule has 0 saturated heterocycles. The molecule has 1 aliphatic carbocycles. The first-order valence-corrected chi connectivity index (χ1v) is 5.93. The maximum atomic E-state index is 11.9. The molecule has 0 saturated carbocycles. The molecule has 2 nitrogen and oxygen atoms in total. The fourth-order valence-electron chi connectivity index (χ4n) is 2.05. The van der Waals surface area contributed by atoms with Gasteiger partial charge < -0.3 is 0 Å². The second-order valence-electron chi connectivity index (χ2n) is 3.71. The molecule has 1 aliphatic heterocycles. The minimum atomic E-state index is -0.381. The van der Waals surface area contributed by atoms with Crippen LogP contribution in [0.2, 0.25) is 0 Å². The molecule has 16 heavy (non-hydrogen) atoms. The number of benzene rings is 1. The number of fused-ring (bicyclic) bond motifs is 3. The molecule has 3 rings (SSSR count). The van der Waals surface area contributed by atoms with Crippen LogP contribution in [-0.2, 0) is 4.79 Å². The number of carbonyl (C=O) groups excluding carboxylic acids is 2. The Morgan fingerprint density at radius 3 is 2.75 bits per heavy atom. The summed E-state index contributed by atoms with van der Waals surface area (Å²) in [6.07, 6.45) is 3.56. The van der Waals surface area contributed by atoms with Crippen molar-refractivity contribution in [1.29, 1.82) is 0 Å². The number of carbonyl (C=O) groups is 2. The van der Waals surface area contributed by atoms with Crippen molar-refractivity contribution in [3.63, 3.8) is 0 Å². The highest BCUT2D eigenvalue weighted by Gasteiger charge is 2.36. The van der Waals surface area contributed by atoms with E-state index in [9.17, 15) is 9.59 Å². The van der Waals surface area contributed by atoms with Crippen LogP contribution in [0.25, 0.3) is 0 Å². The number of Topliss-reactive ketones (excluding diaryl/α,β-unsaturated/α-hetero) is 2. The fraction of sp³-hybridized carbons (Fsp3) is 0.0769. The Morgan fingerprint density at radius 1 is 1.06 bits per heavy atom. The van der Waals surface area contributed by atoms with Crippen molar-refractivity contribution in [3.05, 3.63) is 58.5 Å². The van der Waals surface area contributed by atoms with Gasteiger partial charge in [0.2, 0.25) is 11.6 Å². The molecule has 1 atom stereocenters. The van der Waals surface area contributed by atoms with E-state index in [1.54, 1.807) is 30.0 Å². The lowest BCUT2D eigenvalue weighted by atomic mass is 9.85. The third-order valence-electron chi connectivity index (χ3n) is 2.81. The molecule has 0 N–H and O–H groups in total. The van der Waals surface area contributed by atoms with Gasteiger partial charge >= 0.3 is 0 Å². The van der Waals surface area contributed by atoms with Gasteiger partial charge in [-0.2, -0.15) is 0 Å². The summed E-state index contributed by atoms with van der Waals surface area (Å²) in [5.41, 5.74) is 2.11. The largest absolute Gasteiger partial charge is 0.285 e. The molecule has 78 valence electrons. The number of rotatable bonds is 0. The summed E-state index contributed by atoms with van der Waals surface area (Å²) in [6.45, 7) is 0. The summed E-state index contributed by atoms with van der Waals surface area (Å²) in [6, 6.07) is 7.34. The zero-order valence-electron chi connectivity index (χ0n) is 8.34. The van der Waals surface area contributed by atoms with Crippen LogP contribution in [0.1, 0.15) is 21.2 Å². The molecule has 1 aromatic carbocycles. The van der Waals surface area contributed by atoms with Crippen molar-refractivity contribution in [2.75, 3.05) is 0 Å². The fourth-order valence-corrected chi connectivity index (χ4v) is 3.06. The average Bonchev–Trinajstić information content (AvgIpc) is 2.36. The summed E-state index contributed by atoms with van der Waals surface area (Å²) < 4.78 is 0. The predicted octanol–water partition coefficient (Wildman–Crippen LogP) is 2.68. The van der Waals surface area contributed by atoms with Crippen molar-refractivity contribution in [2.45, 2.75) is 5.25 Å². The Kier molecular flexibility index (Phi) is 2.07. The third-order valence-corrected chi connectivity index (χ3v) is 3.90. The number of thioether (sulfide) groups is 1. The highest BCUT2D eigenvalue weighted by molar-refractivity contribution is 8.02. The molecular weight excluding hydrogens is 220 g/mol. The van der Waals surface area contributed by atoms with E-state index in [1.807, 2.05) is 23.6 Å². The Bertz CT molecular complexity index is 555. The zero-order valence-corrected chi connectivity index (χ0v) is 9.16. The third kappa shape index (κ3) is 1.21. The van der Waals surface area contributed by atoms with E-state index >= 15 is 0 Å². The maximum absolute atomic E-state index is 11.9. The van der Waals surface area contributed by atoms with Crippen molar-refractivity contribution in [3.8, 4) is 0 Å². The van der Waals surface area contributed by atoms with Crippen LogP contribution in [0.5, 0.6) is 0 Å². The van der Waals surface area contributed by atoms with E-state index < -0.39 is 0 Å². The minimum Gasteiger partial charge on any atom is -0.285 e. The summed E-state index contributed by atoms with van der Waals surface area (Å²) in [5.74, 6) is -0.741. The molecular formula is C13H8O2S. The molecule has 1 aromatic rings. The number of allylic oxidation sites excluding steroid dienone is 2. The second kappa shape index (κ2) is 3.46. The quantitative estimate of drug-likeness (QED) is 0.640. The molecule has 0 spiro atoms. The van der Waals surface area contributed by atoms with Crippen LogP contribution >= 0.6 is 11.8 Å². The van der Waals surface area contributed by atoms with E-state index in [1.165, 1.54) is 0 Å². The molecule has 0 bridgehead atoms. The first-order valence-electron chi connectivity index (χ1n) is 4.99. The van der Waals surface area contributed by atoms with Gasteiger partial charge in [0.1, 0.15) is 0 Å². The van der Waals surface area contributed by atoms with E-state index in [-0.39, 0.29) is 16.8 Å². The highest BCUT2D eigenvalue weighted by atomic mass is 32.2. The topological polar surface area (TPSA) is 34.1 Å². The molecule has 0 aromatic heterocycles. The lowest BCUT2D eigenvalue weighted by Gasteiger charge is -2.26. The molecule has 1 unspecified atom stereocenters. The van der Waals surface area contributed by atoms with Gasteiger partial charge in [-0.05, 0) is 11.0 Å². The van der Waals surface area contributed by atoms with E-state index in [2.05, 4.69) is 0 Å². The predicted molar refractivity (Wildman–Crippen MR) is 63.3 cm³/mol. The summed E-state index contributed by atoms with van der Waals surface area (Å²) in [4.78, 5) is 23.7. The summed E-state index contributed by atoms with van der Waals surface area (Å²) in [5, 5.41) is 1.94. The molecule has 0 fully saturated rings.